The van der Waals surface area contributed by atoms with Crippen molar-refractivity contribution in [2.24, 2.45) is 0 Å². The van der Waals surface area contributed by atoms with Crippen LogP contribution in [0.2, 0.25) is 5.02 Å². The van der Waals surface area contributed by atoms with Crippen LogP contribution in [0.3, 0.4) is 0 Å². The number of thioether (sulfide) groups is 1. The number of nitrogens with zero attached hydrogens (tertiary/aromatic N) is 3. The number of carbonyl (C=O) groups is 2. The molecular weight excluding hydrogens is 538 g/mol. The van der Waals surface area contributed by atoms with E-state index in [1.54, 1.807) is 30.3 Å². The van der Waals surface area contributed by atoms with Crippen LogP contribution in [-0.4, -0.2) is 32.3 Å². The largest absolute Gasteiger partial charge is 0.342 e. The zero-order valence-electron chi connectivity index (χ0n) is 19.1. The van der Waals surface area contributed by atoms with Crippen LogP contribution in [0.5, 0.6) is 0 Å². The highest BCUT2D eigenvalue weighted by Crippen LogP contribution is 2.27. The first-order valence-corrected chi connectivity index (χ1v) is 12.6. The second kappa shape index (κ2) is 11.7. The van der Waals surface area contributed by atoms with Crippen LogP contribution < -0.4 is 10.6 Å². The lowest BCUT2D eigenvalue weighted by atomic mass is 10.1. The summed E-state index contributed by atoms with van der Waals surface area (Å²) in [5.74, 6) is 0.287. The van der Waals surface area contributed by atoms with Gasteiger partial charge in [-0.2, -0.15) is 0 Å². The van der Waals surface area contributed by atoms with Gasteiger partial charge < -0.3 is 15.2 Å². The van der Waals surface area contributed by atoms with Gasteiger partial charge in [-0.3, -0.25) is 9.59 Å². The van der Waals surface area contributed by atoms with Crippen molar-refractivity contribution < 1.29 is 9.59 Å². The number of nitrogens with one attached hydrogen (secondary N) is 2. The van der Waals surface area contributed by atoms with Crippen LogP contribution in [0.25, 0.3) is 0 Å². The van der Waals surface area contributed by atoms with Crippen molar-refractivity contribution in [3.05, 3.63) is 81.1 Å². The van der Waals surface area contributed by atoms with Crippen LogP contribution in [0.4, 0.5) is 5.69 Å². The summed E-state index contributed by atoms with van der Waals surface area (Å²) in [6, 6.07) is 10.2. The number of hydrogen-bond acceptors (Lipinski definition) is 5. The SMILES string of the molecule is C=CCn1c(SCC(=O)Nc2cc(C)c(C)cc2Br)nnc1[C@@H](C)NC(=O)c1cccc(Cl)c1. The fourth-order valence-corrected chi connectivity index (χ4v) is 4.70. The molecule has 10 heteroatoms. The lowest BCUT2D eigenvalue weighted by Gasteiger charge is -2.15. The van der Waals surface area contributed by atoms with E-state index in [0.717, 1.165) is 21.3 Å². The van der Waals surface area contributed by atoms with Crippen LogP contribution >= 0.6 is 39.3 Å². The minimum atomic E-state index is -0.423. The Kier molecular flexibility index (Phi) is 8.93. The van der Waals surface area contributed by atoms with E-state index in [-0.39, 0.29) is 17.6 Å². The fraction of sp³-hybridized carbons (Fsp3) is 0.250. The summed E-state index contributed by atoms with van der Waals surface area (Å²) >= 11 is 10.8. The normalized spacial score (nSPS) is 11.7. The predicted molar refractivity (Wildman–Crippen MR) is 141 cm³/mol. The monoisotopic (exact) mass is 561 g/mol. The molecule has 0 aliphatic carbocycles. The van der Waals surface area contributed by atoms with E-state index in [9.17, 15) is 9.59 Å². The third kappa shape index (κ3) is 6.49. The molecule has 178 valence electrons. The number of hydrogen-bond donors (Lipinski definition) is 2. The molecular formula is C24H25BrClN5O2S. The highest BCUT2D eigenvalue weighted by Gasteiger charge is 2.21. The Morgan fingerprint density at radius 3 is 2.68 bits per heavy atom. The molecule has 2 amide bonds. The van der Waals surface area contributed by atoms with Gasteiger partial charge in [-0.05, 0) is 78.2 Å². The van der Waals surface area contributed by atoms with Crippen molar-refractivity contribution in [2.45, 2.75) is 38.5 Å². The van der Waals surface area contributed by atoms with E-state index in [1.165, 1.54) is 11.8 Å². The molecule has 0 saturated carbocycles. The molecule has 3 aromatic rings. The number of benzene rings is 2. The van der Waals surface area contributed by atoms with Crippen LogP contribution in [0, 0.1) is 13.8 Å². The maximum absolute atomic E-state index is 12.6. The van der Waals surface area contributed by atoms with Gasteiger partial charge in [0, 0.05) is 21.6 Å². The van der Waals surface area contributed by atoms with Gasteiger partial charge in [0.25, 0.3) is 5.91 Å². The summed E-state index contributed by atoms with van der Waals surface area (Å²) in [4.78, 5) is 25.2. The van der Waals surface area contributed by atoms with Crippen molar-refractivity contribution in [1.82, 2.24) is 20.1 Å². The molecule has 1 atom stereocenters. The summed E-state index contributed by atoms with van der Waals surface area (Å²) in [6.07, 6.45) is 1.72. The smallest absolute Gasteiger partial charge is 0.251 e. The number of carbonyl (C=O) groups excluding carboxylic acids is 2. The number of aromatic nitrogens is 3. The maximum atomic E-state index is 12.6. The molecule has 0 aliphatic rings. The quantitative estimate of drug-likeness (QED) is 0.257. The summed E-state index contributed by atoms with van der Waals surface area (Å²) in [6.45, 7) is 10.1. The van der Waals surface area contributed by atoms with Crippen molar-refractivity contribution in [1.29, 1.82) is 0 Å². The number of halogens is 2. The van der Waals surface area contributed by atoms with Gasteiger partial charge >= 0.3 is 0 Å². The van der Waals surface area contributed by atoms with Gasteiger partial charge in [-0.15, -0.1) is 16.8 Å². The van der Waals surface area contributed by atoms with Crippen molar-refractivity contribution >= 4 is 56.8 Å². The van der Waals surface area contributed by atoms with Gasteiger partial charge in [0.05, 0.1) is 17.5 Å². The first-order valence-electron chi connectivity index (χ1n) is 10.5. The molecule has 7 nitrogen and oxygen atoms in total. The average molecular weight is 563 g/mol. The second-order valence-electron chi connectivity index (χ2n) is 7.70. The molecule has 34 heavy (non-hydrogen) atoms. The number of amides is 2. The van der Waals surface area contributed by atoms with Crippen molar-refractivity contribution in [3.63, 3.8) is 0 Å². The molecule has 0 unspecified atom stereocenters. The van der Waals surface area contributed by atoms with E-state index in [4.69, 9.17) is 11.6 Å². The Morgan fingerprint density at radius 2 is 1.97 bits per heavy atom. The van der Waals surface area contributed by atoms with E-state index in [1.807, 2.05) is 37.5 Å². The summed E-state index contributed by atoms with van der Waals surface area (Å²) in [5, 5.41) is 15.4. The van der Waals surface area contributed by atoms with Gasteiger partial charge in [-0.25, -0.2) is 0 Å². The predicted octanol–water partition coefficient (Wildman–Crippen LogP) is 5.72. The third-order valence-corrected chi connectivity index (χ3v) is 6.93. The van der Waals surface area contributed by atoms with Gasteiger partial charge in [0.1, 0.15) is 0 Å². The standard InChI is InChI=1S/C24H25BrClN5O2S/c1-5-9-31-22(16(4)27-23(33)17-7-6-8-18(26)12-17)29-30-24(31)34-13-21(32)28-20-11-15(3)14(2)10-19(20)25/h5-8,10-12,16H,1,9,13H2,2-4H3,(H,27,33)(H,28,32)/t16-/m1/s1. The average Bonchev–Trinajstić information content (AvgIpc) is 3.19. The molecule has 1 heterocycles. The molecule has 0 aliphatic heterocycles. The topological polar surface area (TPSA) is 88.9 Å². The molecule has 1 aromatic heterocycles. The Hall–Kier alpha value is -2.62. The zero-order valence-corrected chi connectivity index (χ0v) is 22.2. The minimum absolute atomic E-state index is 0.151. The number of aryl methyl sites for hydroxylation is 2. The Labute approximate surface area is 216 Å². The third-order valence-electron chi connectivity index (χ3n) is 5.07. The van der Waals surface area contributed by atoms with Crippen molar-refractivity contribution in [3.8, 4) is 0 Å². The molecule has 2 N–H and O–H groups in total. The summed E-state index contributed by atoms with van der Waals surface area (Å²) in [7, 11) is 0. The van der Waals surface area contributed by atoms with E-state index in [2.05, 4.69) is 43.3 Å². The van der Waals surface area contributed by atoms with E-state index in [0.29, 0.717) is 28.1 Å². The Morgan fingerprint density at radius 1 is 1.24 bits per heavy atom. The molecule has 0 radical (unpaired) electrons. The van der Waals surface area contributed by atoms with Crippen molar-refractivity contribution in [2.75, 3.05) is 11.1 Å². The molecule has 0 saturated heterocycles. The van der Waals surface area contributed by atoms with Gasteiger partial charge in [0.2, 0.25) is 5.91 Å². The lowest BCUT2D eigenvalue weighted by Crippen LogP contribution is -2.28. The summed E-state index contributed by atoms with van der Waals surface area (Å²) < 4.78 is 2.66. The molecule has 2 aromatic carbocycles. The van der Waals surface area contributed by atoms with Crippen LogP contribution in [-0.2, 0) is 11.3 Å². The molecule has 0 bridgehead atoms. The number of rotatable bonds is 9. The van der Waals surface area contributed by atoms with E-state index < -0.39 is 6.04 Å². The van der Waals surface area contributed by atoms with Gasteiger partial charge in [-0.1, -0.05) is 35.5 Å². The molecule has 3 rings (SSSR count). The first kappa shape index (κ1) is 26.0. The number of allylic oxidation sites excluding steroid dienone is 1. The molecule has 0 fully saturated rings. The zero-order chi connectivity index (χ0) is 24.8. The van der Waals surface area contributed by atoms with Crippen LogP contribution in [0.1, 0.15) is 40.3 Å². The summed E-state index contributed by atoms with van der Waals surface area (Å²) in [5.41, 5.74) is 3.41. The fourth-order valence-electron chi connectivity index (χ4n) is 3.20. The first-order chi connectivity index (χ1) is 16.2. The van der Waals surface area contributed by atoms with Gasteiger partial charge in [0.15, 0.2) is 11.0 Å². The van der Waals surface area contributed by atoms with E-state index >= 15 is 0 Å². The highest BCUT2D eigenvalue weighted by molar-refractivity contribution is 9.10. The van der Waals surface area contributed by atoms with Crippen LogP contribution in [0.15, 0.2) is 58.7 Å². The highest BCUT2D eigenvalue weighted by atomic mass is 79.9. The maximum Gasteiger partial charge on any atom is 0.251 e. The lowest BCUT2D eigenvalue weighted by molar-refractivity contribution is -0.113. The number of anilines is 1. The minimum Gasteiger partial charge on any atom is -0.342 e. The Bertz CT molecular complexity index is 1230. The Balaban J connectivity index is 1.68. The second-order valence-corrected chi connectivity index (χ2v) is 9.93. The molecule has 0 spiro atoms.